The Kier molecular flexibility index (Phi) is 4.33. The number of carbonyl (C=O) groups excluding carboxylic acids is 2. The maximum atomic E-state index is 11.8. The van der Waals surface area contributed by atoms with Gasteiger partial charge in [-0.3, -0.25) is 9.59 Å². The van der Waals surface area contributed by atoms with Gasteiger partial charge in [0.1, 0.15) is 5.82 Å². The summed E-state index contributed by atoms with van der Waals surface area (Å²) in [6.45, 7) is 0.320. The summed E-state index contributed by atoms with van der Waals surface area (Å²) in [6.07, 6.45) is 4.18. The van der Waals surface area contributed by atoms with Crippen molar-refractivity contribution in [2.24, 2.45) is 0 Å². The highest BCUT2D eigenvalue weighted by Gasteiger charge is 2.21. The number of amides is 2. The molecule has 2 amide bonds. The molecule has 1 aliphatic rings. The van der Waals surface area contributed by atoms with Crippen LogP contribution < -0.4 is 16.0 Å². The van der Waals surface area contributed by atoms with Gasteiger partial charge in [0.15, 0.2) is 0 Å². The second-order valence-electron chi connectivity index (χ2n) is 4.53. The first kappa shape index (κ1) is 13.3. The molecule has 0 bridgehead atoms. The molecule has 0 radical (unpaired) electrons. The highest BCUT2D eigenvalue weighted by Crippen LogP contribution is 2.23. The Bertz CT molecular complexity index is 454. The predicted octanol–water partition coefficient (Wildman–Crippen LogP) is 0.522. The summed E-state index contributed by atoms with van der Waals surface area (Å²) >= 11 is 0. The molecule has 3 N–H and O–H groups in total. The van der Waals surface area contributed by atoms with E-state index >= 15 is 0 Å². The lowest BCUT2D eigenvalue weighted by Gasteiger charge is -2.06. The largest absolute Gasteiger partial charge is 0.367 e. The van der Waals surface area contributed by atoms with Crippen molar-refractivity contribution in [3.8, 4) is 0 Å². The fourth-order valence-electron chi connectivity index (χ4n) is 1.57. The van der Waals surface area contributed by atoms with E-state index in [1.54, 1.807) is 25.4 Å². The molecule has 6 nitrogen and oxygen atoms in total. The molecule has 1 aromatic heterocycles. The summed E-state index contributed by atoms with van der Waals surface area (Å²) in [5.74, 6) is 0.487. The average molecular weight is 262 g/mol. The molecular weight excluding hydrogens is 244 g/mol. The molecular formula is C13H18N4O2. The molecule has 1 aromatic rings. The van der Waals surface area contributed by atoms with Crippen LogP contribution in [0.2, 0.25) is 0 Å². The van der Waals surface area contributed by atoms with E-state index in [9.17, 15) is 9.59 Å². The number of carbonyl (C=O) groups is 2. The molecule has 6 heteroatoms. The zero-order chi connectivity index (χ0) is 13.7. The molecule has 0 unspecified atom stereocenters. The van der Waals surface area contributed by atoms with Crippen LogP contribution in [0.3, 0.4) is 0 Å². The minimum absolute atomic E-state index is 0.0950. The molecule has 1 saturated carbocycles. The van der Waals surface area contributed by atoms with E-state index in [4.69, 9.17) is 0 Å². The van der Waals surface area contributed by atoms with Crippen molar-refractivity contribution in [1.82, 2.24) is 15.6 Å². The van der Waals surface area contributed by atoms with E-state index in [-0.39, 0.29) is 18.2 Å². The molecule has 1 aliphatic carbocycles. The molecule has 0 atom stereocenters. The fourth-order valence-corrected chi connectivity index (χ4v) is 1.57. The Morgan fingerprint density at radius 3 is 2.74 bits per heavy atom. The van der Waals surface area contributed by atoms with Crippen LogP contribution in [0.5, 0.6) is 0 Å². The Hall–Kier alpha value is -2.11. The standard InChI is InChI=1S/C13H18N4O2/c1-14-12(18)6-7-15-13(19)9-2-5-11(16-8-9)17-10-3-4-10/h2,5,8,10H,3-4,6-7H2,1H3,(H,14,18)(H,15,19)(H,16,17). The van der Waals surface area contributed by atoms with E-state index in [1.165, 1.54) is 12.8 Å². The number of aromatic nitrogens is 1. The third-order valence-electron chi connectivity index (χ3n) is 2.87. The van der Waals surface area contributed by atoms with Crippen LogP contribution in [0.1, 0.15) is 29.6 Å². The van der Waals surface area contributed by atoms with Gasteiger partial charge < -0.3 is 16.0 Å². The fraction of sp³-hybridized carbons (Fsp3) is 0.462. The molecule has 2 rings (SSSR count). The summed E-state index contributed by atoms with van der Waals surface area (Å²) in [5, 5.41) is 8.43. The number of anilines is 1. The predicted molar refractivity (Wildman–Crippen MR) is 71.9 cm³/mol. The van der Waals surface area contributed by atoms with Crippen molar-refractivity contribution >= 4 is 17.6 Å². The van der Waals surface area contributed by atoms with Gasteiger partial charge in [0.2, 0.25) is 5.91 Å². The molecule has 1 fully saturated rings. The van der Waals surface area contributed by atoms with Crippen molar-refractivity contribution in [1.29, 1.82) is 0 Å². The number of nitrogens with zero attached hydrogens (tertiary/aromatic N) is 1. The first-order chi connectivity index (χ1) is 9.19. The zero-order valence-electron chi connectivity index (χ0n) is 10.9. The molecule has 0 saturated heterocycles. The van der Waals surface area contributed by atoms with Gasteiger partial charge in [-0.1, -0.05) is 0 Å². The Labute approximate surface area is 112 Å². The first-order valence-corrected chi connectivity index (χ1v) is 6.40. The molecule has 0 spiro atoms. The van der Waals surface area contributed by atoms with Gasteiger partial charge in [0.25, 0.3) is 5.91 Å². The van der Waals surface area contributed by atoms with Crippen LogP contribution in [-0.4, -0.2) is 36.4 Å². The SMILES string of the molecule is CNC(=O)CCNC(=O)c1ccc(NC2CC2)nc1. The van der Waals surface area contributed by atoms with E-state index in [0.717, 1.165) is 5.82 Å². The summed E-state index contributed by atoms with van der Waals surface area (Å²) in [6, 6.07) is 4.07. The second kappa shape index (κ2) is 6.17. The van der Waals surface area contributed by atoms with Crippen molar-refractivity contribution in [2.45, 2.75) is 25.3 Å². The minimum Gasteiger partial charge on any atom is -0.367 e. The summed E-state index contributed by atoms with van der Waals surface area (Å²) in [7, 11) is 1.57. The maximum absolute atomic E-state index is 11.8. The van der Waals surface area contributed by atoms with E-state index in [0.29, 0.717) is 18.2 Å². The van der Waals surface area contributed by atoms with Gasteiger partial charge in [-0.15, -0.1) is 0 Å². The van der Waals surface area contributed by atoms with Crippen LogP contribution in [0.4, 0.5) is 5.82 Å². The number of hydrogen-bond acceptors (Lipinski definition) is 4. The van der Waals surface area contributed by atoms with Gasteiger partial charge in [0, 0.05) is 32.3 Å². The van der Waals surface area contributed by atoms with Gasteiger partial charge >= 0.3 is 0 Å². The third-order valence-corrected chi connectivity index (χ3v) is 2.87. The van der Waals surface area contributed by atoms with E-state index < -0.39 is 0 Å². The van der Waals surface area contributed by atoms with Crippen molar-refractivity contribution in [3.05, 3.63) is 23.9 Å². The highest BCUT2D eigenvalue weighted by atomic mass is 16.2. The van der Waals surface area contributed by atoms with E-state index in [1.807, 2.05) is 0 Å². The van der Waals surface area contributed by atoms with Crippen molar-refractivity contribution < 1.29 is 9.59 Å². The van der Waals surface area contributed by atoms with E-state index in [2.05, 4.69) is 20.9 Å². The van der Waals surface area contributed by atoms with Crippen LogP contribution in [0, 0.1) is 0 Å². The lowest BCUT2D eigenvalue weighted by molar-refractivity contribution is -0.120. The average Bonchev–Trinajstić information content (AvgIpc) is 3.23. The van der Waals surface area contributed by atoms with Gasteiger partial charge in [-0.05, 0) is 25.0 Å². The quantitative estimate of drug-likeness (QED) is 0.698. The Morgan fingerprint density at radius 2 is 2.16 bits per heavy atom. The lowest BCUT2D eigenvalue weighted by atomic mass is 10.2. The Morgan fingerprint density at radius 1 is 1.37 bits per heavy atom. The second-order valence-corrected chi connectivity index (χ2v) is 4.53. The van der Waals surface area contributed by atoms with Crippen LogP contribution in [0.15, 0.2) is 18.3 Å². The van der Waals surface area contributed by atoms with Crippen LogP contribution in [0.25, 0.3) is 0 Å². The van der Waals surface area contributed by atoms with Crippen molar-refractivity contribution in [2.75, 3.05) is 18.9 Å². The van der Waals surface area contributed by atoms with Gasteiger partial charge in [0.05, 0.1) is 5.56 Å². The van der Waals surface area contributed by atoms with Crippen LogP contribution in [-0.2, 0) is 4.79 Å². The maximum Gasteiger partial charge on any atom is 0.252 e. The van der Waals surface area contributed by atoms with Gasteiger partial charge in [-0.25, -0.2) is 4.98 Å². The normalized spacial score (nSPS) is 13.7. The highest BCUT2D eigenvalue weighted by molar-refractivity contribution is 5.94. The first-order valence-electron chi connectivity index (χ1n) is 6.40. The number of pyridine rings is 1. The molecule has 102 valence electrons. The monoisotopic (exact) mass is 262 g/mol. The molecule has 0 aliphatic heterocycles. The smallest absolute Gasteiger partial charge is 0.252 e. The topological polar surface area (TPSA) is 83.1 Å². The summed E-state index contributed by atoms with van der Waals surface area (Å²) in [5.41, 5.74) is 0.498. The number of hydrogen-bond donors (Lipinski definition) is 3. The number of rotatable bonds is 6. The van der Waals surface area contributed by atoms with Crippen molar-refractivity contribution in [3.63, 3.8) is 0 Å². The minimum atomic E-state index is -0.214. The van der Waals surface area contributed by atoms with Gasteiger partial charge in [-0.2, -0.15) is 0 Å². The Balaban J connectivity index is 1.79. The zero-order valence-corrected chi connectivity index (χ0v) is 10.9. The van der Waals surface area contributed by atoms with Crippen LogP contribution >= 0.6 is 0 Å². The molecule has 1 heterocycles. The molecule has 0 aromatic carbocycles. The summed E-state index contributed by atoms with van der Waals surface area (Å²) in [4.78, 5) is 26.9. The third kappa shape index (κ3) is 4.24. The summed E-state index contributed by atoms with van der Waals surface area (Å²) < 4.78 is 0. The lowest BCUT2D eigenvalue weighted by Crippen LogP contribution is -2.29. The molecule has 19 heavy (non-hydrogen) atoms. The number of nitrogens with one attached hydrogen (secondary N) is 3.